The molecule has 0 aromatic heterocycles. The van der Waals surface area contributed by atoms with Crippen molar-refractivity contribution in [3.8, 4) is 5.75 Å². The third-order valence-corrected chi connectivity index (χ3v) is 4.34. The topological polar surface area (TPSA) is 73.9 Å². The second kappa shape index (κ2) is 9.39. The van der Waals surface area contributed by atoms with Crippen LogP contribution in [0.1, 0.15) is 12.0 Å². The van der Waals surface area contributed by atoms with Gasteiger partial charge in [0.1, 0.15) is 5.75 Å². The van der Waals surface area contributed by atoms with Crippen LogP contribution in [0.2, 0.25) is 0 Å². The number of nitrogens with zero attached hydrogens (tertiary/aromatic N) is 2. The first kappa shape index (κ1) is 19.2. The molecule has 138 valence electrons. The molecule has 0 radical (unpaired) electrons. The van der Waals surface area contributed by atoms with Gasteiger partial charge in [0.2, 0.25) is 0 Å². The molecule has 0 saturated carbocycles. The molecule has 1 aliphatic heterocycles. The van der Waals surface area contributed by atoms with Gasteiger partial charge in [-0.2, -0.15) is 0 Å². The average molecular weight is 348 g/mol. The van der Waals surface area contributed by atoms with Crippen molar-refractivity contribution < 1.29 is 14.3 Å². The highest BCUT2D eigenvalue weighted by Crippen LogP contribution is 2.24. The minimum Gasteiger partial charge on any atom is -0.495 e. The molecule has 2 rings (SSSR count). The van der Waals surface area contributed by atoms with Crippen molar-refractivity contribution in [3.63, 3.8) is 0 Å². The van der Waals surface area contributed by atoms with Crippen molar-refractivity contribution in [3.05, 3.63) is 23.8 Å². The molecule has 1 aromatic carbocycles. The molecule has 25 heavy (non-hydrogen) atoms. The third-order valence-electron chi connectivity index (χ3n) is 4.34. The molecule has 0 spiro atoms. The Labute approximate surface area is 149 Å². The number of piperazine rings is 1. The summed E-state index contributed by atoms with van der Waals surface area (Å²) in [7, 11) is 3.65. The number of carbonyl (C=O) groups excluding carboxylic acids is 2. The summed E-state index contributed by atoms with van der Waals surface area (Å²) >= 11 is 0. The molecular weight excluding hydrogens is 320 g/mol. The van der Waals surface area contributed by atoms with E-state index in [9.17, 15) is 9.59 Å². The highest BCUT2D eigenvalue weighted by atomic mass is 16.5. The van der Waals surface area contributed by atoms with Gasteiger partial charge in [-0.25, -0.2) is 0 Å². The van der Waals surface area contributed by atoms with Gasteiger partial charge in [-0.1, -0.05) is 6.07 Å². The van der Waals surface area contributed by atoms with E-state index in [0.717, 1.165) is 44.7 Å². The summed E-state index contributed by atoms with van der Waals surface area (Å²) in [5, 5.41) is 5.28. The molecule has 2 N–H and O–H groups in total. The molecule has 0 atom stereocenters. The molecule has 7 heteroatoms. The van der Waals surface area contributed by atoms with E-state index in [1.54, 1.807) is 12.1 Å². The highest BCUT2D eigenvalue weighted by Gasteiger charge is 2.16. The van der Waals surface area contributed by atoms with Crippen LogP contribution >= 0.6 is 0 Å². The van der Waals surface area contributed by atoms with Crippen LogP contribution in [-0.4, -0.2) is 75.0 Å². The van der Waals surface area contributed by atoms with Crippen molar-refractivity contribution in [2.45, 2.75) is 13.3 Å². The lowest BCUT2D eigenvalue weighted by Crippen LogP contribution is -2.45. The van der Waals surface area contributed by atoms with Crippen molar-refractivity contribution in [2.24, 2.45) is 0 Å². The zero-order valence-electron chi connectivity index (χ0n) is 15.3. The molecule has 1 heterocycles. The second-order valence-electron chi connectivity index (χ2n) is 6.41. The Balaban J connectivity index is 1.72. The number of carbonyl (C=O) groups is 2. The first-order chi connectivity index (χ1) is 12.0. The van der Waals surface area contributed by atoms with Gasteiger partial charge in [-0.15, -0.1) is 0 Å². The molecule has 1 saturated heterocycles. The summed E-state index contributed by atoms with van der Waals surface area (Å²) in [6.07, 6.45) is 0.830. The Bertz CT molecular complexity index is 598. The van der Waals surface area contributed by atoms with Crippen molar-refractivity contribution >= 4 is 17.5 Å². The van der Waals surface area contributed by atoms with Crippen LogP contribution in [0.5, 0.6) is 5.75 Å². The number of hydrogen-bond acceptors (Lipinski definition) is 5. The number of hydrogen-bond donors (Lipinski definition) is 2. The van der Waals surface area contributed by atoms with E-state index in [0.29, 0.717) is 18.0 Å². The van der Waals surface area contributed by atoms with Gasteiger partial charge < -0.3 is 25.2 Å². The third kappa shape index (κ3) is 6.03. The summed E-state index contributed by atoms with van der Waals surface area (Å²) in [6.45, 7) is 7.59. The van der Waals surface area contributed by atoms with Gasteiger partial charge in [-0.3, -0.25) is 9.59 Å². The summed E-state index contributed by atoms with van der Waals surface area (Å²) < 4.78 is 5.20. The fourth-order valence-electron chi connectivity index (χ4n) is 2.75. The molecule has 0 unspecified atom stereocenters. The van der Waals surface area contributed by atoms with Crippen molar-refractivity contribution in [1.29, 1.82) is 0 Å². The SMILES string of the molecule is COc1ccc(C)cc1NC(=O)C(=O)NCCCN1CCN(C)CC1. The zero-order chi connectivity index (χ0) is 18.2. The summed E-state index contributed by atoms with van der Waals surface area (Å²) in [5.74, 6) is -0.771. The number of rotatable bonds is 6. The first-order valence-corrected chi connectivity index (χ1v) is 8.64. The number of nitrogens with one attached hydrogen (secondary N) is 2. The van der Waals surface area contributed by atoms with Gasteiger partial charge >= 0.3 is 11.8 Å². The quantitative estimate of drug-likeness (QED) is 0.585. The Morgan fingerprint density at radius 1 is 1.16 bits per heavy atom. The number of aryl methyl sites for hydroxylation is 1. The maximum absolute atomic E-state index is 12.0. The predicted molar refractivity (Wildman–Crippen MR) is 97.9 cm³/mol. The molecule has 0 bridgehead atoms. The number of methoxy groups -OCH3 is 1. The van der Waals surface area contributed by atoms with Crippen LogP contribution in [0.15, 0.2) is 18.2 Å². The fourth-order valence-corrected chi connectivity index (χ4v) is 2.75. The highest BCUT2D eigenvalue weighted by molar-refractivity contribution is 6.39. The number of likely N-dealkylation sites (N-methyl/N-ethyl adjacent to an activating group) is 1. The number of amides is 2. The summed E-state index contributed by atoms with van der Waals surface area (Å²) in [4.78, 5) is 28.7. The van der Waals surface area contributed by atoms with E-state index in [1.165, 1.54) is 7.11 Å². The normalized spacial score (nSPS) is 15.6. The second-order valence-corrected chi connectivity index (χ2v) is 6.41. The lowest BCUT2D eigenvalue weighted by molar-refractivity contribution is -0.136. The van der Waals surface area contributed by atoms with Gasteiger partial charge in [-0.05, 0) is 44.6 Å². The van der Waals surface area contributed by atoms with Gasteiger partial charge in [0, 0.05) is 32.7 Å². The minimum absolute atomic E-state index is 0.490. The van der Waals surface area contributed by atoms with E-state index >= 15 is 0 Å². The molecule has 1 fully saturated rings. The van der Waals surface area contributed by atoms with Gasteiger partial charge in [0.05, 0.1) is 12.8 Å². The smallest absolute Gasteiger partial charge is 0.313 e. The van der Waals surface area contributed by atoms with Crippen molar-refractivity contribution in [1.82, 2.24) is 15.1 Å². The largest absolute Gasteiger partial charge is 0.495 e. The number of benzene rings is 1. The van der Waals surface area contributed by atoms with Crippen LogP contribution < -0.4 is 15.4 Å². The molecular formula is C18H28N4O3. The molecule has 0 aliphatic carbocycles. The van der Waals surface area contributed by atoms with E-state index < -0.39 is 11.8 Å². The molecule has 1 aromatic rings. The Morgan fingerprint density at radius 3 is 2.56 bits per heavy atom. The number of ether oxygens (including phenoxy) is 1. The monoisotopic (exact) mass is 348 g/mol. The Kier molecular flexibility index (Phi) is 7.21. The molecule has 7 nitrogen and oxygen atoms in total. The maximum Gasteiger partial charge on any atom is 0.313 e. The maximum atomic E-state index is 12.0. The summed E-state index contributed by atoms with van der Waals surface area (Å²) in [5.41, 5.74) is 1.48. The lowest BCUT2D eigenvalue weighted by atomic mass is 10.2. The lowest BCUT2D eigenvalue weighted by Gasteiger charge is -2.32. The predicted octanol–water partition coefficient (Wildman–Crippen LogP) is 0.696. The van der Waals surface area contributed by atoms with Gasteiger partial charge in [0.15, 0.2) is 0 Å². The average Bonchev–Trinajstić information content (AvgIpc) is 2.60. The Hall–Kier alpha value is -2.12. The zero-order valence-corrected chi connectivity index (χ0v) is 15.3. The fraction of sp³-hybridized carbons (Fsp3) is 0.556. The molecule has 2 amide bonds. The van der Waals surface area contributed by atoms with E-state index in [1.807, 2.05) is 13.0 Å². The van der Waals surface area contributed by atoms with E-state index in [-0.39, 0.29) is 0 Å². The minimum atomic E-state index is -0.677. The summed E-state index contributed by atoms with van der Waals surface area (Å²) in [6, 6.07) is 5.42. The van der Waals surface area contributed by atoms with E-state index in [4.69, 9.17) is 4.74 Å². The van der Waals surface area contributed by atoms with Gasteiger partial charge in [0.25, 0.3) is 0 Å². The Morgan fingerprint density at radius 2 is 1.88 bits per heavy atom. The van der Waals surface area contributed by atoms with E-state index in [2.05, 4.69) is 27.5 Å². The van der Waals surface area contributed by atoms with Crippen LogP contribution in [0.25, 0.3) is 0 Å². The van der Waals surface area contributed by atoms with Crippen LogP contribution in [0.3, 0.4) is 0 Å². The van der Waals surface area contributed by atoms with Crippen LogP contribution in [0, 0.1) is 6.92 Å². The number of anilines is 1. The van der Waals surface area contributed by atoms with Crippen LogP contribution in [0.4, 0.5) is 5.69 Å². The first-order valence-electron chi connectivity index (χ1n) is 8.64. The van der Waals surface area contributed by atoms with Crippen LogP contribution in [-0.2, 0) is 9.59 Å². The standard InChI is InChI=1S/C18H28N4O3/c1-14-5-6-16(25-3)15(13-14)20-18(24)17(23)19-7-4-8-22-11-9-21(2)10-12-22/h5-6,13H,4,7-12H2,1-3H3,(H,19,23)(H,20,24). The van der Waals surface area contributed by atoms with Crippen molar-refractivity contribution in [2.75, 3.05) is 58.7 Å². The molecule has 1 aliphatic rings.